The highest BCUT2D eigenvalue weighted by Gasteiger charge is 2.40. The Morgan fingerprint density at radius 3 is 2.30 bits per heavy atom. The molecule has 8 heteroatoms. The molecular formula is C19H33N3O5. The van der Waals surface area contributed by atoms with E-state index in [0.717, 1.165) is 0 Å². The number of nitrogens with zero attached hydrogens (tertiary/aromatic N) is 2. The molecule has 0 aromatic rings. The first-order chi connectivity index (χ1) is 12.4. The first-order valence-corrected chi connectivity index (χ1v) is 9.62. The predicted molar refractivity (Wildman–Crippen MR) is 100.0 cm³/mol. The van der Waals surface area contributed by atoms with Gasteiger partial charge in [0.05, 0.1) is 18.1 Å². The average molecular weight is 383 g/mol. The lowest BCUT2D eigenvalue weighted by Gasteiger charge is -2.37. The Bertz CT molecular complexity index is 576. The molecule has 0 spiro atoms. The number of aliphatic hydroxyl groups excluding tert-OH is 1. The van der Waals surface area contributed by atoms with Gasteiger partial charge in [-0.25, -0.2) is 4.79 Å². The highest BCUT2D eigenvalue weighted by Crippen LogP contribution is 2.26. The third kappa shape index (κ3) is 5.82. The van der Waals surface area contributed by atoms with Gasteiger partial charge in [-0.15, -0.1) is 0 Å². The van der Waals surface area contributed by atoms with E-state index in [1.807, 2.05) is 20.8 Å². The molecule has 0 saturated carbocycles. The highest BCUT2D eigenvalue weighted by molar-refractivity contribution is 5.89. The maximum atomic E-state index is 12.4. The number of carbonyl (C=O) groups excluding carboxylic acids is 3. The molecule has 154 valence electrons. The maximum Gasteiger partial charge on any atom is 0.410 e. The summed E-state index contributed by atoms with van der Waals surface area (Å²) in [7, 11) is 0. The molecule has 0 aliphatic carbocycles. The second kappa shape index (κ2) is 8.04. The van der Waals surface area contributed by atoms with Crippen molar-refractivity contribution >= 4 is 17.9 Å². The van der Waals surface area contributed by atoms with Gasteiger partial charge in [-0.05, 0) is 47.5 Å². The van der Waals surface area contributed by atoms with Crippen LogP contribution in [0, 0.1) is 5.92 Å². The van der Waals surface area contributed by atoms with Crippen LogP contribution < -0.4 is 5.32 Å². The quantitative estimate of drug-likeness (QED) is 0.758. The Kier molecular flexibility index (Phi) is 6.39. The highest BCUT2D eigenvalue weighted by atomic mass is 16.6. The second-order valence-corrected chi connectivity index (χ2v) is 9.18. The van der Waals surface area contributed by atoms with Gasteiger partial charge in [0, 0.05) is 32.1 Å². The summed E-state index contributed by atoms with van der Waals surface area (Å²) >= 11 is 0. The van der Waals surface area contributed by atoms with Crippen molar-refractivity contribution in [2.24, 2.45) is 5.92 Å². The van der Waals surface area contributed by atoms with Gasteiger partial charge in [0.1, 0.15) is 5.60 Å². The standard InChI is InChI=1S/C19H33N3O5/c1-18(2,3)27-17(26)21-8-6-14(7-9-21)22-11-13(10-15(22)24)16(25)20-19(4,5)12-23/h13-14,23H,6-12H2,1-5H3,(H,20,25). The maximum absolute atomic E-state index is 12.4. The van der Waals surface area contributed by atoms with Crippen molar-refractivity contribution in [3.8, 4) is 0 Å². The van der Waals surface area contributed by atoms with E-state index in [4.69, 9.17) is 4.74 Å². The topological polar surface area (TPSA) is 99.2 Å². The number of rotatable bonds is 4. The van der Waals surface area contributed by atoms with E-state index >= 15 is 0 Å². The van der Waals surface area contributed by atoms with Crippen molar-refractivity contribution in [2.75, 3.05) is 26.2 Å². The summed E-state index contributed by atoms with van der Waals surface area (Å²) in [5, 5.41) is 12.1. The molecule has 2 saturated heterocycles. The number of carbonyl (C=O) groups is 3. The fraction of sp³-hybridized carbons (Fsp3) is 0.842. The van der Waals surface area contributed by atoms with Crippen LogP contribution in [0.4, 0.5) is 4.79 Å². The number of nitrogens with one attached hydrogen (secondary N) is 1. The van der Waals surface area contributed by atoms with Crippen molar-refractivity contribution < 1.29 is 24.2 Å². The van der Waals surface area contributed by atoms with Gasteiger partial charge in [0.15, 0.2) is 0 Å². The van der Waals surface area contributed by atoms with Crippen molar-refractivity contribution in [3.05, 3.63) is 0 Å². The largest absolute Gasteiger partial charge is 0.444 e. The molecule has 1 unspecified atom stereocenters. The number of likely N-dealkylation sites (tertiary alicyclic amines) is 2. The zero-order chi connectivity index (χ0) is 20.4. The number of aliphatic hydroxyl groups is 1. The van der Waals surface area contributed by atoms with E-state index < -0.39 is 17.1 Å². The molecule has 3 amide bonds. The minimum absolute atomic E-state index is 0.0207. The Balaban J connectivity index is 1.87. The lowest BCUT2D eigenvalue weighted by molar-refractivity contribution is -0.131. The van der Waals surface area contributed by atoms with E-state index in [1.54, 1.807) is 23.6 Å². The summed E-state index contributed by atoms with van der Waals surface area (Å²) in [6, 6.07) is 0.0415. The molecule has 2 fully saturated rings. The van der Waals surface area contributed by atoms with Gasteiger partial charge in [-0.1, -0.05) is 0 Å². The number of ether oxygens (including phenoxy) is 1. The first-order valence-electron chi connectivity index (χ1n) is 9.62. The van der Waals surface area contributed by atoms with Crippen LogP contribution in [0.3, 0.4) is 0 Å². The number of amides is 3. The van der Waals surface area contributed by atoms with Crippen LogP contribution in [0.25, 0.3) is 0 Å². The Morgan fingerprint density at radius 1 is 1.19 bits per heavy atom. The van der Waals surface area contributed by atoms with E-state index in [0.29, 0.717) is 32.5 Å². The molecule has 2 aliphatic rings. The fourth-order valence-electron chi connectivity index (χ4n) is 3.42. The molecule has 0 bridgehead atoms. The summed E-state index contributed by atoms with van der Waals surface area (Å²) in [6.07, 6.45) is 1.24. The molecule has 1 atom stereocenters. The number of hydrogen-bond acceptors (Lipinski definition) is 5. The molecule has 2 heterocycles. The summed E-state index contributed by atoms with van der Waals surface area (Å²) < 4.78 is 5.40. The third-order valence-corrected chi connectivity index (χ3v) is 4.94. The minimum Gasteiger partial charge on any atom is -0.444 e. The molecule has 0 radical (unpaired) electrons. The van der Waals surface area contributed by atoms with Crippen molar-refractivity contribution in [1.29, 1.82) is 0 Å². The van der Waals surface area contributed by atoms with Crippen LogP contribution in [0.15, 0.2) is 0 Å². The normalized spacial score (nSPS) is 22.1. The second-order valence-electron chi connectivity index (χ2n) is 9.18. The van der Waals surface area contributed by atoms with Gasteiger partial charge in [-0.2, -0.15) is 0 Å². The van der Waals surface area contributed by atoms with E-state index in [1.165, 1.54) is 0 Å². The molecular weight excluding hydrogens is 350 g/mol. The predicted octanol–water partition coefficient (Wildman–Crippen LogP) is 1.12. The molecule has 2 rings (SSSR count). The molecule has 2 N–H and O–H groups in total. The van der Waals surface area contributed by atoms with Crippen LogP contribution in [-0.2, 0) is 14.3 Å². The molecule has 8 nitrogen and oxygen atoms in total. The van der Waals surface area contributed by atoms with Gasteiger partial charge in [-0.3, -0.25) is 9.59 Å². The number of piperidine rings is 1. The van der Waals surface area contributed by atoms with Crippen LogP contribution in [-0.4, -0.2) is 76.2 Å². The van der Waals surface area contributed by atoms with Gasteiger partial charge < -0.3 is 25.0 Å². The monoisotopic (exact) mass is 383 g/mol. The molecule has 27 heavy (non-hydrogen) atoms. The van der Waals surface area contributed by atoms with Crippen molar-refractivity contribution in [1.82, 2.24) is 15.1 Å². The fourth-order valence-corrected chi connectivity index (χ4v) is 3.42. The lowest BCUT2D eigenvalue weighted by Crippen LogP contribution is -2.50. The zero-order valence-electron chi connectivity index (χ0n) is 17.1. The van der Waals surface area contributed by atoms with Gasteiger partial charge in [0.2, 0.25) is 11.8 Å². The van der Waals surface area contributed by atoms with E-state index in [-0.39, 0.29) is 37.0 Å². The summed E-state index contributed by atoms with van der Waals surface area (Å²) in [6.45, 7) is 10.3. The van der Waals surface area contributed by atoms with Crippen LogP contribution >= 0.6 is 0 Å². The summed E-state index contributed by atoms with van der Waals surface area (Å²) in [5.74, 6) is -0.615. The van der Waals surface area contributed by atoms with Gasteiger partial charge >= 0.3 is 6.09 Å². The Hall–Kier alpha value is -1.83. The molecule has 2 aliphatic heterocycles. The number of hydrogen-bond donors (Lipinski definition) is 2. The minimum atomic E-state index is -0.702. The average Bonchev–Trinajstić information content (AvgIpc) is 2.95. The zero-order valence-corrected chi connectivity index (χ0v) is 17.1. The smallest absolute Gasteiger partial charge is 0.410 e. The third-order valence-electron chi connectivity index (χ3n) is 4.94. The first kappa shape index (κ1) is 21.5. The molecule has 0 aromatic heterocycles. The van der Waals surface area contributed by atoms with Crippen molar-refractivity contribution in [2.45, 2.75) is 71.1 Å². The summed E-state index contributed by atoms with van der Waals surface area (Å²) in [4.78, 5) is 40.4. The van der Waals surface area contributed by atoms with Crippen LogP contribution in [0.5, 0.6) is 0 Å². The Morgan fingerprint density at radius 2 is 1.78 bits per heavy atom. The SMILES string of the molecule is CC(C)(CO)NC(=O)C1CC(=O)N(C2CCN(C(=O)OC(C)(C)C)CC2)C1. The van der Waals surface area contributed by atoms with E-state index in [2.05, 4.69) is 5.32 Å². The lowest BCUT2D eigenvalue weighted by atomic mass is 10.0. The Labute approximate surface area is 161 Å². The van der Waals surface area contributed by atoms with Gasteiger partial charge in [0.25, 0.3) is 0 Å². The molecule has 0 aromatic carbocycles. The van der Waals surface area contributed by atoms with Crippen molar-refractivity contribution in [3.63, 3.8) is 0 Å². The summed E-state index contributed by atoms with van der Waals surface area (Å²) in [5.41, 5.74) is -1.23. The van der Waals surface area contributed by atoms with E-state index in [9.17, 15) is 19.5 Å². The van der Waals surface area contributed by atoms with Crippen LogP contribution in [0.1, 0.15) is 53.9 Å². The van der Waals surface area contributed by atoms with Crippen LogP contribution in [0.2, 0.25) is 0 Å².